The Morgan fingerprint density at radius 3 is 2.45 bits per heavy atom. The first-order valence-electron chi connectivity index (χ1n) is 9.48. The van der Waals surface area contributed by atoms with E-state index in [-0.39, 0.29) is 11.9 Å². The number of thiophene rings is 1. The third-order valence-corrected chi connectivity index (χ3v) is 7.54. The number of piperidine rings is 3. The maximum absolute atomic E-state index is 12.6. The summed E-state index contributed by atoms with van der Waals surface area (Å²) in [5, 5.41) is 5.35. The molecule has 0 spiro atoms. The third kappa shape index (κ3) is 4.96. The first-order valence-corrected chi connectivity index (χ1v) is 11.1. The molecule has 3 fully saturated rings. The molecule has 2 amide bonds. The highest BCUT2D eigenvalue weighted by molar-refractivity contribution is 8.01. The van der Waals surface area contributed by atoms with Crippen LogP contribution in [0.5, 0.6) is 0 Å². The van der Waals surface area contributed by atoms with Gasteiger partial charge < -0.3 is 15.5 Å². The topological polar surface area (TPSA) is 61.4 Å². The fourth-order valence-corrected chi connectivity index (χ4v) is 5.79. The summed E-state index contributed by atoms with van der Waals surface area (Å²) in [7, 11) is 0. The van der Waals surface area contributed by atoms with Crippen LogP contribution in [0.25, 0.3) is 0 Å². The maximum atomic E-state index is 12.6. The highest BCUT2D eigenvalue weighted by Crippen LogP contribution is 2.34. The van der Waals surface area contributed by atoms with Gasteiger partial charge in [0.05, 0.1) is 9.09 Å². The molecule has 1 atom stereocenters. The van der Waals surface area contributed by atoms with E-state index < -0.39 is 12.3 Å². The monoisotopic (exact) mass is 437 g/mol. The van der Waals surface area contributed by atoms with Crippen molar-refractivity contribution in [2.75, 3.05) is 25.0 Å². The lowest BCUT2D eigenvalue weighted by Gasteiger charge is -2.44. The van der Waals surface area contributed by atoms with Gasteiger partial charge in [0.15, 0.2) is 0 Å². The average Bonchev–Trinajstić information content (AvgIpc) is 3.19. The second-order valence-corrected chi connectivity index (χ2v) is 9.71. The average molecular weight is 438 g/mol. The maximum Gasteiger partial charge on any atom is 0.315 e. The molecule has 5 nitrogen and oxygen atoms in total. The molecule has 29 heavy (non-hydrogen) atoms. The summed E-state index contributed by atoms with van der Waals surface area (Å²) >= 11 is 2.92. The SMILES string of the molecule is O=C(N[C@H]1CN2CCC1CC2)c1ccc(Sc2ccc(NC(=O)C(F)F)cc2)s1. The van der Waals surface area contributed by atoms with E-state index in [1.54, 1.807) is 24.3 Å². The number of carbonyl (C=O) groups is 2. The molecule has 0 aliphatic carbocycles. The van der Waals surface area contributed by atoms with E-state index in [2.05, 4.69) is 15.5 Å². The van der Waals surface area contributed by atoms with Gasteiger partial charge in [0.25, 0.3) is 11.8 Å². The Morgan fingerprint density at radius 1 is 1.10 bits per heavy atom. The second kappa shape index (κ2) is 8.81. The molecule has 2 bridgehead atoms. The molecule has 1 aromatic carbocycles. The number of fused-ring (bicyclic) bond motifs is 3. The Balaban J connectivity index is 1.33. The minimum atomic E-state index is -3.04. The van der Waals surface area contributed by atoms with Gasteiger partial charge in [0.1, 0.15) is 0 Å². The van der Waals surface area contributed by atoms with Crippen LogP contribution in [0.1, 0.15) is 22.5 Å². The number of rotatable bonds is 6. The molecule has 2 aromatic rings. The molecule has 4 heterocycles. The van der Waals surface area contributed by atoms with Crippen molar-refractivity contribution in [3.05, 3.63) is 41.3 Å². The number of nitrogens with one attached hydrogen (secondary N) is 2. The molecule has 3 aliphatic rings. The Hall–Kier alpha value is -1.97. The minimum absolute atomic E-state index is 0.0225. The van der Waals surface area contributed by atoms with Gasteiger partial charge >= 0.3 is 6.43 Å². The van der Waals surface area contributed by atoms with Crippen LogP contribution in [0, 0.1) is 5.92 Å². The molecule has 3 aliphatic heterocycles. The van der Waals surface area contributed by atoms with Gasteiger partial charge in [-0.3, -0.25) is 9.59 Å². The summed E-state index contributed by atoms with van der Waals surface area (Å²) in [6.07, 6.45) is -0.727. The van der Waals surface area contributed by atoms with E-state index in [1.165, 1.54) is 23.1 Å². The summed E-state index contributed by atoms with van der Waals surface area (Å²) in [6, 6.07) is 10.6. The number of nitrogens with zero attached hydrogens (tertiary/aromatic N) is 1. The van der Waals surface area contributed by atoms with Crippen molar-refractivity contribution in [2.24, 2.45) is 5.92 Å². The van der Waals surface area contributed by atoms with Crippen LogP contribution in [0.4, 0.5) is 14.5 Å². The quantitative estimate of drug-likeness (QED) is 0.719. The highest BCUT2D eigenvalue weighted by atomic mass is 32.2. The predicted octanol–water partition coefficient (Wildman–Crippen LogP) is 3.93. The number of carbonyl (C=O) groups excluding carboxylic acids is 2. The van der Waals surface area contributed by atoms with Gasteiger partial charge in [0.2, 0.25) is 0 Å². The Bertz CT molecular complexity index is 880. The summed E-state index contributed by atoms with van der Waals surface area (Å²) in [5.41, 5.74) is 0.323. The van der Waals surface area contributed by atoms with E-state index in [0.29, 0.717) is 16.5 Å². The first-order chi connectivity index (χ1) is 14.0. The van der Waals surface area contributed by atoms with Crippen molar-refractivity contribution in [1.82, 2.24) is 10.2 Å². The third-order valence-electron chi connectivity index (χ3n) is 5.32. The second-order valence-electron chi connectivity index (χ2n) is 7.25. The Morgan fingerprint density at radius 2 is 1.83 bits per heavy atom. The lowest BCUT2D eigenvalue weighted by Crippen LogP contribution is -2.57. The molecule has 1 aromatic heterocycles. The van der Waals surface area contributed by atoms with Gasteiger partial charge in [-0.25, -0.2) is 0 Å². The van der Waals surface area contributed by atoms with Crippen LogP contribution in [-0.4, -0.2) is 48.8 Å². The number of halogens is 2. The Labute approximate surface area is 175 Å². The van der Waals surface area contributed by atoms with Crippen LogP contribution >= 0.6 is 23.1 Å². The van der Waals surface area contributed by atoms with Crippen molar-refractivity contribution >= 4 is 40.6 Å². The van der Waals surface area contributed by atoms with E-state index in [0.717, 1.165) is 41.6 Å². The minimum Gasteiger partial charge on any atom is -0.347 e. The fourth-order valence-electron chi connectivity index (χ4n) is 3.78. The van der Waals surface area contributed by atoms with Gasteiger partial charge in [0, 0.05) is 23.2 Å². The summed E-state index contributed by atoms with van der Waals surface area (Å²) < 4.78 is 25.5. The van der Waals surface area contributed by atoms with Crippen LogP contribution in [-0.2, 0) is 4.79 Å². The normalized spacial score (nSPS) is 23.2. The standard InChI is InChI=1S/C20H21F2N3O2S2/c21-18(22)20(27)23-13-1-3-14(4-2-13)28-17-6-5-16(29-17)19(26)24-15-11-25-9-7-12(15)8-10-25/h1-6,12,15,18H,7-11H2,(H,23,27)(H,24,26)/t15-/m0/s1. The van der Waals surface area contributed by atoms with Crippen LogP contribution in [0.15, 0.2) is 45.5 Å². The zero-order valence-electron chi connectivity index (χ0n) is 15.6. The van der Waals surface area contributed by atoms with E-state index in [9.17, 15) is 18.4 Å². The van der Waals surface area contributed by atoms with E-state index in [1.807, 2.05) is 12.1 Å². The molecule has 0 saturated carbocycles. The van der Waals surface area contributed by atoms with Crippen LogP contribution in [0.2, 0.25) is 0 Å². The molecular formula is C20H21F2N3O2S2. The predicted molar refractivity (Wildman–Crippen MR) is 110 cm³/mol. The summed E-state index contributed by atoms with van der Waals surface area (Å²) in [6.45, 7) is 3.22. The zero-order chi connectivity index (χ0) is 20.4. The first kappa shape index (κ1) is 20.3. The van der Waals surface area contributed by atoms with E-state index >= 15 is 0 Å². The zero-order valence-corrected chi connectivity index (χ0v) is 17.2. The number of anilines is 1. The van der Waals surface area contributed by atoms with Crippen LogP contribution < -0.4 is 10.6 Å². The van der Waals surface area contributed by atoms with E-state index in [4.69, 9.17) is 0 Å². The van der Waals surface area contributed by atoms with Crippen molar-refractivity contribution in [3.63, 3.8) is 0 Å². The van der Waals surface area contributed by atoms with Crippen molar-refractivity contribution in [2.45, 2.75) is 34.4 Å². The number of hydrogen-bond donors (Lipinski definition) is 2. The molecule has 0 radical (unpaired) electrons. The van der Waals surface area contributed by atoms with Gasteiger partial charge in [-0.2, -0.15) is 8.78 Å². The molecule has 9 heteroatoms. The number of alkyl halides is 2. The molecule has 3 saturated heterocycles. The van der Waals surface area contributed by atoms with Crippen molar-refractivity contribution in [1.29, 1.82) is 0 Å². The lowest BCUT2D eigenvalue weighted by atomic mass is 9.84. The Kier molecular flexibility index (Phi) is 6.17. The largest absolute Gasteiger partial charge is 0.347 e. The highest BCUT2D eigenvalue weighted by Gasteiger charge is 2.35. The number of benzene rings is 1. The van der Waals surface area contributed by atoms with Crippen LogP contribution in [0.3, 0.4) is 0 Å². The van der Waals surface area contributed by atoms with Gasteiger partial charge in [-0.05, 0) is 68.2 Å². The fraction of sp³-hybridized carbons (Fsp3) is 0.400. The molecule has 5 rings (SSSR count). The van der Waals surface area contributed by atoms with Gasteiger partial charge in [-0.1, -0.05) is 11.8 Å². The summed E-state index contributed by atoms with van der Waals surface area (Å²) in [4.78, 5) is 27.7. The lowest BCUT2D eigenvalue weighted by molar-refractivity contribution is -0.126. The molecule has 0 unspecified atom stereocenters. The van der Waals surface area contributed by atoms with Crippen molar-refractivity contribution in [3.8, 4) is 0 Å². The molecular weight excluding hydrogens is 416 g/mol. The summed E-state index contributed by atoms with van der Waals surface area (Å²) in [5.74, 6) is -0.755. The van der Waals surface area contributed by atoms with Crippen molar-refractivity contribution < 1.29 is 18.4 Å². The number of amides is 2. The molecule has 154 valence electrons. The number of hydrogen-bond acceptors (Lipinski definition) is 5. The smallest absolute Gasteiger partial charge is 0.315 e. The van der Waals surface area contributed by atoms with Gasteiger partial charge in [-0.15, -0.1) is 11.3 Å². The molecule has 2 N–H and O–H groups in total.